The standard InChI is InChI=1S/C24H37N3O13/c1-11(28)35-10-16-19(36-12(2)29)20(37-13(3)30)21(38-14(4)31)23(39-16)27-17(32)8-15(25)22(34)26-9-18(33)40-24(5,6)7/h15-16,19-21,23H,8-10,25H2,1-7H3,(H,26,34)(H,27,32)/t15-,16+,19+,20-,21+,23+/m0/s1. The van der Waals surface area contributed by atoms with Crippen LogP contribution < -0.4 is 16.4 Å². The summed E-state index contributed by atoms with van der Waals surface area (Å²) in [5.74, 6) is -5.63. The molecule has 1 saturated heterocycles. The van der Waals surface area contributed by atoms with E-state index in [0.717, 1.165) is 27.7 Å². The highest BCUT2D eigenvalue weighted by Gasteiger charge is 2.52. The highest BCUT2D eigenvalue weighted by Crippen LogP contribution is 2.28. The smallest absolute Gasteiger partial charge is 0.325 e. The van der Waals surface area contributed by atoms with Gasteiger partial charge in [-0.05, 0) is 20.8 Å². The van der Waals surface area contributed by atoms with Crippen LogP contribution in [0, 0.1) is 0 Å². The Labute approximate surface area is 230 Å². The van der Waals surface area contributed by atoms with E-state index >= 15 is 0 Å². The van der Waals surface area contributed by atoms with Crippen LogP contribution in [0.5, 0.6) is 0 Å². The van der Waals surface area contributed by atoms with Crippen LogP contribution in [0.1, 0.15) is 54.9 Å². The minimum Gasteiger partial charge on any atom is -0.463 e. The highest BCUT2D eigenvalue weighted by molar-refractivity contribution is 5.90. The third-order valence-corrected chi connectivity index (χ3v) is 4.86. The molecule has 226 valence electrons. The van der Waals surface area contributed by atoms with Gasteiger partial charge in [-0.15, -0.1) is 0 Å². The number of esters is 5. The SMILES string of the molecule is CC(=O)OC[C@H]1O[C@@H](NC(=O)C[C@H](N)C(=O)NCC(=O)OC(C)(C)C)[C@H](OC(C)=O)[C@@H](OC(C)=O)[C@@H]1OC(C)=O. The number of hydrogen-bond acceptors (Lipinski definition) is 14. The summed E-state index contributed by atoms with van der Waals surface area (Å²) in [6.45, 7) is 8.25. The summed E-state index contributed by atoms with van der Waals surface area (Å²) in [6.07, 6.45) is -7.83. The average molecular weight is 576 g/mol. The predicted molar refractivity (Wildman–Crippen MR) is 132 cm³/mol. The van der Waals surface area contributed by atoms with E-state index in [9.17, 15) is 33.6 Å². The lowest BCUT2D eigenvalue weighted by atomic mass is 9.97. The third-order valence-electron chi connectivity index (χ3n) is 4.86. The minimum atomic E-state index is -1.53. The monoisotopic (exact) mass is 575 g/mol. The Hall–Kier alpha value is -3.79. The number of rotatable bonds is 11. The van der Waals surface area contributed by atoms with Crippen LogP contribution in [0.25, 0.3) is 0 Å². The molecule has 0 saturated carbocycles. The van der Waals surface area contributed by atoms with E-state index < -0.39 is 104 Å². The molecule has 1 fully saturated rings. The molecule has 0 bridgehead atoms. The molecule has 16 nitrogen and oxygen atoms in total. The van der Waals surface area contributed by atoms with Gasteiger partial charge >= 0.3 is 29.8 Å². The zero-order valence-corrected chi connectivity index (χ0v) is 23.5. The van der Waals surface area contributed by atoms with E-state index in [1.165, 1.54) is 0 Å². The number of carbonyl (C=O) groups is 7. The molecule has 1 heterocycles. The van der Waals surface area contributed by atoms with Gasteiger partial charge in [0.1, 0.15) is 24.9 Å². The largest absolute Gasteiger partial charge is 0.463 e. The summed E-state index contributed by atoms with van der Waals surface area (Å²) in [6, 6.07) is -1.41. The molecule has 0 unspecified atom stereocenters. The maximum Gasteiger partial charge on any atom is 0.325 e. The van der Waals surface area contributed by atoms with Crippen LogP contribution in [0.4, 0.5) is 0 Å². The first-order valence-electron chi connectivity index (χ1n) is 12.2. The second-order valence-electron chi connectivity index (χ2n) is 9.80. The van der Waals surface area contributed by atoms with Crippen LogP contribution >= 0.6 is 0 Å². The Kier molecular flexibility index (Phi) is 12.9. The van der Waals surface area contributed by atoms with Gasteiger partial charge in [0.25, 0.3) is 0 Å². The number of ether oxygens (including phenoxy) is 6. The summed E-state index contributed by atoms with van der Waals surface area (Å²) in [5.41, 5.74) is 5.03. The summed E-state index contributed by atoms with van der Waals surface area (Å²) in [5, 5.41) is 4.65. The molecule has 0 aromatic heterocycles. The van der Waals surface area contributed by atoms with E-state index in [4.69, 9.17) is 34.2 Å². The number of carbonyl (C=O) groups excluding carboxylic acids is 7. The number of amides is 2. The molecule has 16 heteroatoms. The molecule has 1 aliphatic heterocycles. The van der Waals surface area contributed by atoms with Crippen LogP contribution in [-0.4, -0.2) is 97.1 Å². The number of nitrogens with two attached hydrogens (primary N) is 1. The molecule has 0 aliphatic carbocycles. The fourth-order valence-corrected chi connectivity index (χ4v) is 3.52. The average Bonchev–Trinajstić information content (AvgIpc) is 2.77. The van der Waals surface area contributed by atoms with Crippen LogP contribution in [0.15, 0.2) is 0 Å². The fraction of sp³-hybridized carbons (Fsp3) is 0.708. The molecule has 0 spiro atoms. The van der Waals surface area contributed by atoms with Gasteiger partial charge in [-0.25, -0.2) is 0 Å². The molecule has 1 aliphatic rings. The Bertz CT molecular complexity index is 978. The van der Waals surface area contributed by atoms with Crippen LogP contribution in [0.3, 0.4) is 0 Å². The van der Waals surface area contributed by atoms with Crippen molar-refractivity contribution in [2.45, 2.75) is 97.2 Å². The first-order valence-corrected chi connectivity index (χ1v) is 12.2. The normalized spacial score (nSPS) is 23.1. The van der Waals surface area contributed by atoms with Gasteiger partial charge < -0.3 is 44.8 Å². The van der Waals surface area contributed by atoms with E-state index in [-0.39, 0.29) is 0 Å². The molecule has 1 rings (SSSR count). The maximum atomic E-state index is 12.8. The van der Waals surface area contributed by atoms with Crippen molar-refractivity contribution in [1.29, 1.82) is 0 Å². The summed E-state index contributed by atoms with van der Waals surface area (Å²) < 4.78 is 31.6. The molecular formula is C24H37N3O13. The molecule has 6 atom stereocenters. The van der Waals surface area contributed by atoms with Crippen molar-refractivity contribution in [3.05, 3.63) is 0 Å². The van der Waals surface area contributed by atoms with Crippen molar-refractivity contribution in [3.63, 3.8) is 0 Å². The van der Waals surface area contributed by atoms with Crippen molar-refractivity contribution in [2.75, 3.05) is 13.2 Å². The van der Waals surface area contributed by atoms with Crippen molar-refractivity contribution in [2.24, 2.45) is 5.73 Å². The van der Waals surface area contributed by atoms with E-state index in [1.54, 1.807) is 20.8 Å². The van der Waals surface area contributed by atoms with E-state index in [2.05, 4.69) is 10.6 Å². The minimum absolute atomic E-state index is 0.481. The molecular weight excluding hydrogens is 538 g/mol. The molecule has 40 heavy (non-hydrogen) atoms. The third kappa shape index (κ3) is 12.4. The van der Waals surface area contributed by atoms with E-state index in [0.29, 0.717) is 0 Å². The first kappa shape index (κ1) is 34.2. The van der Waals surface area contributed by atoms with Gasteiger partial charge in [-0.1, -0.05) is 0 Å². The molecule has 0 aromatic carbocycles. The van der Waals surface area contributed by atoms with Gasteiger partial charge in [0.2, 0.25) is 11.8 Å². The first-order chi connectivity index (χ1) is 18.4. The van der Waals surface area contributed by atoms with Crippen molar-refractivity contribution in [1.82, 2.24) is 10.6 Å². The second kappa shape index (κ2) is 15.1. The predicted octanol–water partition coefficient (Wildman–Crippen LogP) is -1.64. The van der Waals surface area contributed by atoms with Crippen LogP contribution in [0.2, 0.25) is 0 Å². The Balaban J connectivity index is 3.09. The summed E-state index contributed by atoms with van der Waals surface area (Å²) in [4.78, 5) is 83.8. The van der Waals surface area contributed by atoms with Gasteiger partial charge in [0, 0.05) is 27.7 Å². The summed E-state index contributed by atoms with van der Waals surface area (Å²) in [7, 11) is 0. The zero-order chi connectivity index (χ0) is 30.8. The number of nitrogens with one attached hydrogen (secondary N) is 2. The lowest BCUT2D eigenvalue weighted by Crippen LogP contribution is -2.66. The zero-order valence-electron chi connectivity index (χ0n) is 23.5. The van der Waals surface area contributed by atoms with E-state index in [1.807, 2.05) is 0 Å². The lowest BCUT2D eigenvalue weighted by molar-refractivity contribution is -0.257. The van der Waals surface area contributed by atoms with Crippen LogP contribution in [-0.2, 0) is 62.0 Å². The van der Waals surface area contributed by atoms with Gasteiger partial charge in [0.05, 0.1) is 12.5 Å². The molecule has 0 aromatic rings. The lowest BCUT2D eigenvalue weighted by Gasteiger charge is -2.44. The summed E-state index contributed by atoms with van der Waals surface area (Å²) >= 11 is 0. The van der Waals surface area contributed by atoms with Gasteiger partial charge in [-0.3, -0.25) is 33.6 Å². The maximum absolute atomic E-state index is 12.8. The van der Waals surface area contributed by atoms with Crippen molar-refractivity contribution in [3.8, 4) is 0 Å². The Morgan fingerprint density at radius 1 is 0.825 bits per heavy atom. The van der Waals surface area contributed by atoms with Gasteiger partial charge in [0.15, 0.2) is 24.5 Å². The van der Waals surface area contributed by atoms with Crippen molar-refractivity contribution < 1.29 is 62.0 Å². The number of hydrogen-bond donors (Lipinski definition) is 3. The molecule has 4 N–H and O–H groups in total. The Morgan fingerprint density at radius 2 is 1.35 bits per heavy atom. The Morgan fingerprint density at radius 3 is 1.85 bits per heavy atom. The highest BCUT2D eigenvalue weighted by atomic mass is 16.7. The molecule has 0 radical (unpaired) electrons. The quantitative estimate of drug-likeness (QED) is 0.186. The van der Waals surface area contributed by atoms with Gasteiger partial charge in [-0.2, -0.15) is 0 Å². The van der Waals surface area contributed by atoms with Crippen molar-refractivity contribution >= 4 is 41.7 Å². The second-order valence-corrected chi connectivity index (χ2v) is 9.80. The molecule has 2 amide bonds. The topological polar surface area (TPSA) is 225 Å². The fourth-order valence-electron chi connectivity index (χ4n) is 3.52.